The number of hydrogen-bond donors (Lipinski definition) is 1. The van der Waals surface area contributed by atoms with Crippen molar-refractivity contribution >= 4 is 5.69 Å². The van der Waals surface area contributed by atoms with Crippen LogP contribution in [0.4, 0.5) is 5.69 Å². The maximum absolute atomic E-state index is 5.19. The van der Waals surface area contributed by atoms with Gasteiger partial charge in [0.1, 0.15) is 0 Å². The molecule has 0 saturated carbocycles. The number of nitrogens with zero attached hydrogens (tertiary/aromatic N) is 2. The summed E-state index contributed by atoms with van der Waals surface area (Å²) < 4.78 is 5.19. The van der Waals surface area contributed by atoms with E-state index < -0.39 is 0 Å². The largest absolute Gasteiger partial charge is 0.376 e. The zero-order valence-electron chi connectivity index (χ0n) is 10.4. The molecule has 4 heteroatoms. The van der Waals surface area contributed by atoms with Gasteiger partial charge < -0.3 is 9.84 Å². The molecule has 90 valence electrons. The van der Waals surface area contributed by atoms with Crippen LogP contribution in [0.1, 0.15) is 32.5 Å². The van der Waals surface area contributed by atoms with Gasteiger partial charge in [-0.25, -0.2) is 0 Å². The van der Waals surface area contributed by atoms with Crippen molar-refractivity contribution in [3.05, 3.63) is 42.0 Å². The van der Waals surface area contributed by atoms with Crippen LogP contribution in [0.3, 0.4) is 0 Å². The van der Waals surface area contributed by atoms with Gasteiger partial charge in [0.05, 0.1) is 6.54 Å². The van der Waals surface area contributed by atoms with Crippen LogP contribution in [-0.4, -0.2) is 10.1 Å². The molecule has 0 aliphatic carbocycles. The Hall–Kier alpha value is -1.84. The lowest BCUT2D eigenvalue weighted by molar-refractivity contribution is 0.367. The van der Waals surface area contributed by atoms with Gasteiger partial charge >= 0.3 is 0 Å². The van der Waals surface area contributed by atoms with Crippen molar-refractivity contribution in [2.75, 3.05) is 5.32 Å². The molecule has 1 N–H and O–H groups in total. The van der Waals surface area contributed by atoms with E-state index in [9.17, 15) is 0 Å². The molecule has 0 amide bonds. The molecule has 0 unspecified atom stereocenters. The van der Waals surface area contributed by atoms with Gasteiger partial charge in [0.2, 0.25) is 5.89 Å². The van der Waals surface area contributed by atoms with Crippen molar-refractivity contribution in [1.29, 1.82) is 0 Å². The van der Waals surface area contributed by atoms with Crippen molar-refractivity contribution < 1.29 is 4.52 Å². The van der Waals surface area contributed by atoms with Gasteiger partial charge in [-0.1, -0.05) is 44.1 Å². The summed E-state index contributed by atoms with van der Waals surface area (Å²) in [4.78, 5) is 4.36. The van der Waals surface area contributed by atoms with Crippen molar-refractivity contribution in [3.8, 4) is 0 Å². The monoisotopic (exact) mass is 231 g/mol. The minimum absolute atomic E-state index is 0.0749. The Bertz CT molecular complexity index is 471. The third-order valence-electron chi connectivity index (χ3n) is 2.36. The summed E-state index contributed by atoms with van der Waals surface area (Å²) in [5.41, 5.74) is 0.970. The first-order valence-corrected chi connectivity index (χ1v) is 5.68. The molecular weight excluding hydrogens is 214 g/mol. The van der Waals surface area contributed by atoms with E-state index in [1.165, 1.54) is 0 Å². The van der Waals surface area contributed by atoms with Crippen LogP contribution >= 0.6 is 0 Å². The third-order valence-corrected chi connectivity index (χ3v) is 2.36. The van der Waals surface area contributed by atoms with Crippen LogP contribution in [0.25, 0.3) is 0 Å². The maximum Gasteiger partial charge on any atom is 0.245 e. The maximum atomic E-state index is 5.19. The van der Waals surface area contributed by atoms with Crippen LogP contribution in [-0.2, 0) is 12.0 Å². The predicted molar refractivity (Wildman–Crippen MR) is 66.8 cm³/mol. The first-order valence-electron chi connectivity index (χ1n) is 5.68. The molecule has 0 spiro atoms. The standard InChI is InChI=1S/C13H17N3O/c1-13(2,3)12-15-11(17-16-12)9-14-10-7-5-4-6-8-10/h4-8,14H,9H2,1-3H3. The van der Waals surface area contributed by atoms with Crippen LogP contribution < -0.4 is 5.32 Å². The number of nitrogens with one attached hydrogen (secondary N) is 1. The molecule has 0 bridgehead atoms. The fourth-order valence-corrected chi connectivity index (χ4v) is 1.36. The molecule has 1 aromatic heterocycles. The summed E-state index contributed by atoms with van der Waals surface area (Å²) in [6, 6.07) is 9.95. The summed E-state index contributed by atoms with van der Waals surface area (Å²) in [5, 5.41) is 7.20. The third kappa shape index (κ3) is 3.06. The molecule has 0 saturated heterocycles. The number of benzene rings is 1. The molecule has 0 aliphatic heterocycles. The molecule has 17 heavy (non-hydrogen) atoms. The fraction of sp³-hybridized carbons (Fsp3) is 0.385. The van der Waals surface area contributed by atoms with Crippen molar-refractivity contribution in [2.24, 2.45) is 0 Å². The molecule has 0 fully saturated rings. The topological polar surface area (TPSA) is 51.0 Å². The zero-order valence-corrected chi connectivity index (χ0v) is 10.4. The van der Waals surface area contributed by atoms with E-state index in [2.05, 4.69) is 36.2 Å². The fourth-order valence-electron chi connectivity index (χ4n) is 1.36. The minimum atomic E-state index is -0.0749. The van der Waals surface area contributed by atoms with E-state index >= 15 is 0 Å². The number of rotatable bonds is 3. The lowest BCUT2D eigenvalue weighted by Crippen LogP contribution is -2.13. The van der Waals surface area contributed by atoms with Gasteiger partial charge in [-0.05, 0) is 12.1 Å². The lowest BCUT2D eigenvalue weighted by atomic mass is 9.96. The predicted octanol–water partition coefficient (Wildman–Crippen LogP) is 2.98. The van der Waals surface area contributed by atoms with Crippen LogP contribution in [0.15, 0.2) is 34.9 Å². The first-order chi connectivity index (χ1) is 8.05. The second kappa shape index (κ2) is 4.57. The highest BCUT2D eigenvalue weighted by Gasteiger charge is 2.20. The number of anilines is 1. The average Bonchev–Trinajstić information content (AvgIpc) is 2.76. The quantitative estimate of drug-likeness (QED) is 0.882. The number of aromatic nitrogens is 2. The normalized spacial score (nSPS) is 11.5. The molecule has 0 atom stereocenters. The zero-order chi connectivity index (χ0) is 12.3. The van der Waals surface area contributed by atoms with Gasteiger partial charge in [0.25, 0.3) is 0 Å². The molecular formula is C13H17N3O. The highest BCUT2D eigenvalue weighted by Crippen LogP contribution is 2.18. The SMILES string of the molecule is CC(C)(C)c1noc(CNc2ccccc2)n1. The van der Waals surface area contributed by atoms with E-state index in [0.29, 0.717) is 12.4 Å². The van der Waals surface area contributed by atoms with E-state index in [1.807, 2.05) is 30.3 Å². The van der Waals surface area contributed by atoms with E-state index in [-0.39, 0.29) is 5.41 Å². The molecule has 1 heterocycles. The van der Waals surface area contributed by atoms with Crippen LogP contribution in [0.2, 0.25) is 0 Å². The highest BCUT2D eigenvalue weighted by atomic mass is 16.5. The van der Waals surface area contributed by atoms with E-state index in [0.717, 1.165) is 11.5 Å². The van der Waals surface area contributed by atoms with Crippen LogP contribution in [0, 0.1) is 0 Å². The van der Waals surface area contributed by atoms with Gasteiger partial charge in [0, 0.05) is 11.1 Å². The minimum Gasteiger partial charge on any atom is -0.376 e. The van der Waals surface area contributed by atoms with E-state index in [4.69, 9.17) is 4.52 Å². The van der Waals surface area contributed by atoms with Gasteiger partial charge in [0.15, 0.2) is 5.82 Å². The molecule has 0 aliphatic rings. The lowest BCUT2D eigenvalue weighted by Gasteiger charge is -2.10. The smallest absolute Gasteiger partial charge is 0.245 e. The highest BCUT2D eigenvalue weighted by molar-refractivity contribution is 5.42. The molecule has 1 aromatic carbocycles. The summed E-state index contributed by atoms with van der Waals surface area (Å²) in [6.07, 6.45) is 0. The van der Waals surface area contributed by atoms with Crippen molar-refractivity contribution in [3.63, 3.8) is 0 Å². The molecule has 4 nitrogen and oxygen atoms in total. The second-order valence-electron chi connectivity index (χ2n) is 4.98. The first kappa shape index (κ1) is 11.6. The second-order valence-corrected chi connectivity index (χ2v) is 4.98. The van der Waals surface area contributed by atoms with Gasteiger partial charge in [-0.2, -0.15) is 4.98 Å². The van der Waals surface area contributed by atoms with Crippen molar-refractivity contribution in [2.45, 2.75) is 32.7 Å². The summed E-state index contributed by atoms with van der Waals surface area (Å²) in [7, 11) is 0. The van der Waals surface area contributed by atoms with Gasteiger partial charge in [-0.3, -0.25) is 0 Å². The van der Waals surface area contributed by atoms with Crippen molar-refractivity contribution in [1.82, 2.24) is 10.1 Å². The Kier molecular flexibility index (Phi) is 3.13. The van der Waals surface area contributed by atoms with E-state index in [1.54, 1.807) is 0 Å². The Morgan fingerprint density at radius 1 is 1.18 bits per heavy atom. The van der Waals surface area contributed by atoms with Gasteiger partial charge in [-0.15, -0.1) is 0 Å². The molecule has 2 aromatic rings. The summed E-state index contributed by atoms with van der Waals surface area (Å²) in [6.45, 7) is 6.73. The number of para-hydroxylation sites is 1. The number of hydrogen-bond acceptors (Lipinski definition) is 4. The Morgan fingerprint density at radius 2 is 1.88 bits per heavy atom. The summed E-state index contributed by atoms with van der Waals surface area (Å²) >= 11 is 0. The average molecular weight is 231 g/mol. The Labute approximate surface area is 101 Å². The van der Waals surface area contributed by atoms with Crippen LogP contribution in [0.5, 0.6) is 0 Å². The summed E-state index contributed by atoms with van der Waals surface area (Å²) in [5.74, 6) is 1.35. The molecule has 0 radical (unpaired) electrons. The Morgan fingerprint density at radius 3 is 2.47 bits per heavy atom. The molecule has 2 rings (SSSR count). The Balaban J connectivity index is 1.99.